The van der Waals surface area contributed by atoms with Crippen LogP contribution in [0.5, 0.6) is 0 Å². The molecule has 0 spiro atoms. The summed E-state index contributed by atoms with van der Waals surface area (Å²) in [6, 6.07) is 15.1. The number of aromatic nitrogens is 5. The number of rotatable bonds is 7. The van der Waals surface area contributed by atoms with Crippen LogP contribution in [0.2, 0.25) is 0 Å². The molecule has 200 valence electrons. The number of aryl methyl sites for hydroxylation is 2. The molecule has 6 rings (SSSR count). The lowest BCUT2D eigenvalue weighted by atomic mass is 10.0. The Balaban J connectivity index is 1.36. The van der Waals surface area contributed by atoms with Crippen LogP contribution < -0.4 is 15.4 Å². The second-order valence-electron chi connectivity index (χ2n) is 9.80. The molecule has 4 heterocycles. The molecule has 5 aromatic rings. The molecule has 39 heavy (non-hydrogen) atoms. The Hall–Kier alpha value is -4.09. The number of hydrogen-bond donors (Lipinski definition) is 3. The molecule has 2 aromatic carbocycles. The molecule has 1 atom stereocenters. The van der Waals surface area contributed by atoms with Crippen LogP contribution in [0.25, 0.3) is 27.7 Å². The highest BCUT2D eigenvalue weighted by atomic mass is 32.2. The topological polar surface area (TPSA) is 126 Å². The van der Waals surface area contributed by atoms with Crippen LogP contribution in [0.3, 0.4) is 0 Å². The van der Waals surface area contributed by atoms with Gasteiger partial charge in [0.25, 0.3) is 10.0 Å². The van der Waals surface area contributed by atoms with Gasteiger partial charge in [0, 0.05) is 29.7 Å². The van der Waals surface area contributed by atoms with E-state index in [4.69, 9.17) is 4.98 Å². The fourth-order valence-corrected chi connectivity index (χ4v) is 6.41. The van der Waals surface area contributed by atoms with Gasteiger partial charge in [0.2, 0.25) is 5.95 Å². The van der Waals surface area contributed by atoms with E-state index in [1.807, 2.05) is 24.4 Å². The van der Waals surface area contributed by atoms with Gasteiger partial charge in [-0.3, -0.25) is 4.72 Å². The van der Waals surface area contributed by atoms with Gasteiger partial charge in [0.15, 0.2) is 5.82 Å². The Morgan fingerprint density at radius 1 is 1.13 bits per heavy atom. The molecule has 3 N–H and O–H groups in total. The fourth-order valence-electron chi connectivity index (χ4n) is 5.13. The molecule has 0 saturated carbocycles. The van der Waals surface area contributed by atoms with Gasteiger partial charge < -0.3 is 10.6 Å². The summed E-state index contributed by atoms with van der Waals surface area (Å²) in [6.07, 6.45) is 6.25. The first-order valence-corrected chi connectivity index (χ1v) is 14.6. The third kappa shape index (κ3) is 4.90. The average molecular weight is 543 g/mol. The summed E-state index contributed by atoms with van der Waals surface area (Å²) in [5.41, 5.74) is 4.98. The summed E-state index contributed by atoms with van der Waals surface area (Å²) in [4.78, 5) is 13.9. The van der Waals surface area contributed by atoms with Gasteiger partial charge >= 0.3 is 0 Å². The lowest BCUT2D eigenvalue weighted by Crippen LogP contribution is -2.38. The van der Waals surface area contributed by atoms with E-state index in [2.05, 4.69) is 43.4 Å². The first kappa shape index (κ1) is 25.2. The van der Waals surface area contributed by atoms with E-state index in [-0.39, 0.29) is 10.7 Å². The Labute approximate surface area is 227 Å². The number of anilines is 2. The van der Waals surface area contributed by atoms with Crippen LogP contribution in [-0.2, 0) is 16.4 Å². The first-order chi connectivity index (χ1) is 18.9. The van der Waals surface area contributed by atoms with Crippen LogP contribution in [0.4, 0.5) is 11.8 Å². The van der Waals surface area contributed by atoms with Gasteiger partial charge in [0.1, 0.15) is 11.8 Å². The first-order valence-electron chi connectivity index (χ1n) is 13.1. The third-order valence-electron chi connectivity index (χ3n) is 7.13. The molecular formula is C28H30N8O2S. The number of nitrogens with zero attached hydrogens (tertiary/aromatic N) is 5. The van der Waals surface area contributed by atoms with E-state index in [1.54, 1.807) is 35.7 Å². The molecule has 11 heteroatoms. The number of piperidine rings is 1. The van der Waals surface area contributed by atoms with Crippen molar-refractivity contribution in [1.29, 1.82) is 0 Å². The van der Waals surface area contributed by atoms with Crippen LogP contribution in [0, 0.1) is 6.92 Å². The Bertz CT molecular complexity index is 1780. The summed E-state index contributed by atoms with van der Waals surface area (Å²) < 4.78 is 30.6. The van der Waals surface area contributed by atoms with Crippen molar-refractivity contribution in [2.24, 2.45) is 0 Å². The Morgan fingerprint density at radius 3 is 2.79 bits per heavy atom. The molecule has 1 unspecified atom stereocenters. The molecular weight excluding hydrogens is 512 g/mol. The van der Waals surface area contributed by atoms with Gasteiger partial charge in [-0.25, -0.2) is 27.9 Å². The SMILES string of the molecule is CCc1cc(-c2ccc3c(NS(=O)(=O)c4ccccc4C)ncnn23)cc2cnc(NC3CCCNC3)nc12. The zero-order valence-corrected chi connectivity index (χ0v) is 22.7. The molecule has 1 aliphatic rings. The van der Waals surface area contributed by atoms with Crippen molar-refractivity contribution in [3.8, 4) is 11.3 Å². The standard InChI is InChI=1S/C28H30N8O2S/c1-3-19-13-20(14-21-15-30-28(34-26(19)21)33-22-8-6-12-29-16-22)23-10-11-24-27(31-17-32-36(23)24)35-39(37,38)25-9-5-4-7-18(25)2/h4-5,7,9-11,13-15,17,22,29H,3,6,8,12,16H2,1-2H3,(H,30,33,34)(H,31,32,35). The van der Waals surface area contributed by atoms with Crippen molar-refractivity contribution in [3.63, 3.8) is 0 Å². The molecule has 0 radical (unpaired) electrons. The number of fused-ring (bicyclic) bond motifs is 2. The summed E-state index contributed by atoms with van der Waals surface area (Å²) in [7, 11) is -3.83. The second-order valence-corrected chi connectivity index (χ2v) is 11.5. The minimum atomic E-state index is -3.83. The van der Waals surface area contributed by atoms with Gasteiger partial charge in [-0.15, -0.1) is 0 Å². The Morgan fingerprint density at radius 2 is 2.00 bits per heavy atom. The zero-order chi connectivity index (χ0) is 27.0. The zero-order valence-electron chi connectivity index (χ0n) is 21.8. The highest BCUT2D eigenvalue weighted by molar-refractivity contribution is 7.92. The van der Waals surface area contributed by atoms with Gasteiger partial charge in [-0.05, 0) is 74.2 Å². The maximum Gasteiger partial charge on any atom is 0.263 e. The van der Waals surface area contributed by atoms with E-state index in [0.717, 1.165) is 60.1 Å². The van der Waals surface area contributed by atoms with E-state index >= 15 is 0 Å². The molecule has 1 fully saturated rings. The van der Waals surface area contributed by atoms with Gasteiger partial charge in [0.05, 0.1) is 16.1 Å². The van der Waals surface area contributed by atoms with Crippen molar-refractivity contribution >= 4 is 38.2 Å². The van der Waals surface area contributed by atoms with Gasteiger partial charge in [-0.2, -0.15) is 5.10 Å². The van der Waals surface area contributed by atoms with Crippen LogP contribution >= 0.6 is 0 Å². The number of hydrogen-bond acceptors (Lipinski definition) is 8. The lowest BCUT2D eigenvalue weighted by molar-refractivity contribution is 0.478. The number of sulfonamides is 1. The van der Waals surface area contributed by atoms with Gasteiger partial charge in [-0.1, -0.05) is 25.1 Å². The molecule has 1 aliphatic heterocycles. The molecule has 0 aliphatic carbocycles. The fraction of sp³-hybridized carbons (Fsp3) is 0.286. The number of nitrogens with one attached hydrogen (secondary N) is 3. The maximum absolute atomic E-state index is 13.1. The van der Waals surface area contributed by atoms with E-state index in [1.165, 1.54) is 6.33 Å². The monoisotopic (exact) mass is 542 g/mol. The molecule has 0 bridgehead atoms. The maximum atomic E-state index is 13.1. The van der Waals surface area contributed by atoms with Crippen LogP contribution in [0.15, 0.2) is 66.0 Å². The van der Waals surface area contributed by atoms with Crippen molar-refractivity contribution in [1.82, 2.24) is 29.9 Å². The molecule has 1 saturated heterocycles. The average Bonchev–Trinajstić information content (AvgIpc) is 3.38. The predicted molar refractivity (Wildman–Crippen MR) is 152 cm³/mol. The quantitative estimate of drug-likeness (QED) is 0.280. The van der Waals surface area contributed by atoms with E-state index in [9.17, 15) is 8.42 Å². The molecule has 10 nitrogen and oxygen atoms in total. The summed E-state index contributed by atoms with van der Waals surface area (Å²) in [5, 5.41) is 12.2. The van der Waals surface area contributed by atoms with Crippen molar-refractivity contribution < 1.29 is 8.42 Å². The lowest BCUT2D eigenvalue weighted by Gasteiger charge is -2.23. The largest absolute Gasteiger partial charge is 0.350 e. The Kier molecular flexibility index (Phi) is 6.61. The highest BCUT2D eigenvalue weighted by Gasteiger charge is 2.20. The van der Waals surface area contributed by atoms with Crippen molar-refractivity contribution in [2.45, 2.75) is 44.0 Å². The van der Waals surface area contributed by atoms with E-state index in [0.29, 0.717) is 23.1 Å². The minimum Gasteiger partial charge on any atom is -0.350 e. The third-order valence-corrected chi connectivity index (χ3v) is 8.63. The second kappa shape index (κ2) is 10.2. The minimum absolute atomic E-state index is 0.212. The molecule has 0 amide bonds. The number of benzene rings is 2. The molecule has 3 aromatic heterocycles. The summed E-state index contributed by atoms with van der Waals surface area (Å²) in [6.45, 7) is 5.84. The highest BCUT2D eigenvalue weighted by Crippen LogP contribution is 2.31. The predicted octanol–water partition coefficient (Wildman–Crippen LogP) is 4.18. The normalized spacial score (nSPS) is 16.0. The van der Waals surface area contributed by atoms with Crippen LogP contribution in [0.1, 0.15) is 30.9 Å². The van der Waals surface area contributed by atoms with Crippen molar-refractivity contribution in [3.05, 3.63) is 72.2 Å². The van der Waals surface area contributed by atoms with Crippen LogP contribution in [-0.4, -0.2) is 52.1 Å². The smallest absolute Gasteiger partial charge is 0.263 e. The summed E-state index contributed by atoms with van der Waals surface area (Å²) >= 11 is 0. The van der Waals surface area contributed by atoms with Crippen molar-refractivity contribution in [2.75, 3.05) is 23.1 Å². The summed E-state index contributed by atoms with van der Waals surface area (Å²) in [5.74, 6) is 0.859. The van der Waals surface area contributed by atoms with E-state index < -0.39 is 10.0 Å².